The first-order valence-corrected chi connectivity index (χ1v) is 13.8. The molecule has 3 aromatic rings. The van der Waals surface area contributed by atoms with Gasteiger partial charge in [0.2, 0.25) is 5.91 Å². The summed E-state index contributed by atoms with van der Waals surface area (Å²) in [4.78, 5) is 56.0. The molecule has 0 spiro atoms. The normalized spacial score (nSPS) is 16.2. The summed E-state index contributed by atoms with van der Waals surface area (Å²) < 4.78 is 4.81. The minimum absolute atomic E-state index is 0.00719. The zero-order valence-corrected chi connectivity index (χ0v) is 24.2. The lowest BCUT2D eigenvalue weighted by molar-refractivity contribution is -0.119. The van der Waals surface area contributed by atoms with Gasteiger partial charge in [-0.05, 0) is 67.2 Å². The van der Waals surface area contributed by atoms with Gasteiger partial charge in [-0.25, -0.2) is 9.59 Å². The number of methoxy groups -OCH3 is 1. The molecule has 11 nitrogen and oxygen atoms in total. The average Bonchev–Trinajstić information content (AvgIpc) is 3.35. The van der Waals surface area contributed by atoms with E-state index in [4.69, 9.17) is 4.74 Å². The van der Waals surface area contributed by atoms with Crippen molar-refractivity contribution >= 4 is 52.1 Å². The molecule has 3 aromatic carbocycles. The number of benzene rings is 3. The van der Waals surface area contributed by atoms with Crippen molar-refractivity contribution in [3.8, 4) is 0 Å². The molecule has 5 rings (SSSR count). The van der Waals surface area contributed by atoms with Crippen LogP contribution in [0.3, 0.4) is 0 Å². The summed E-state index contributed by atoms with van der Waals surface area (Å²) in [7, 11) is 5.12. The number of aromatic carboxylic acids is 1. The van der Waals surface area contributed by atoms with Gasteiger partial charge in [0, 0.05) is 55.9 Å². The Bertz CT molecular complexity index is 1590. The van der Waals surface area contributed by atoms with Gasteiger partial charge < -0.3 is 30.3 Å². The summed E-state index contributed by atoms with van der Waals surface area (Å²) in [5.74, 6) is -2.01. The Morgan fingerprint density at radius 2 is 1.56 bits per heavy atom. The highest BCUT2D eigenvalue weighted by Gasteiger charge is 2.30. The molecule has 0 aromatic heterocycles. The van der Waals surface area contributed by atoms with Crippen molar-refractivity contribution in [1.82, 2.24) is 9.80 Å². The predicted octanol–water partition coefficient (Wildman–Crippen LogP) is 3.31. The molecule has 0 saturated carbocycles. The van der Waals surface area contributed by atoms with Crippen LogP contribution < -0.4 is 15.5 Å². The maximum Gasteiger partial charge on any atom is 0.337 e. The van der Waals surface area contributed by atoms with E-state index in [2.05, 4.69) is 27.5 Å². The largest absolute Gasteiger partial charge is 0.478 e. The number of ether oxygens (including phenoxy) is 1. The number of carboxylic acid groups (broad SMARTS) is 1. The van der Waals surface area contributed by atoms with E-state index in [-0.39, 0.29) is 17.0 Å². The van der Waals surface area contributed by atoms with E-state index in [9.17, 15) is 24.3 Å². The number of carbonyl (C=O) groups is 4. The molecular weight excluding hydrogens is 550 g/mol. The van der Waals surface area contributed by atoms with Crippen molar-refractivity contribution < 1.29 is 29.0 Å². The van der Waals surface area contributed by atoms with Gasteiger partial charge in [-0.2, -0.15) is 0 Å². The number of nitrogens with one attached hydrogen (secondary N) is 2. The lowest BCUT2D eigenvalue weighted by Gasteiger charge is -2.32. The highest BCUT2D eigenvalue weighted by Crippen LogP contribution is 2.38. The van der Waals surface area contributed by atoms with Gasteiger partial charge in [0.15, 0.2) is 0 Å². The first-order valence-electron chi connectivity index (χ1n) is 13.8. The second-order valence-electron chi connectivity index (χ2n) is 10.5. The van der Waals surface area contributed by atoms with E-state index in [0.717, 1.165) is 31.9 Å². The zero-order valence-electron chi connectivity index (χ0n) is 24.2. The van der Waals surface area contributed by atoms with E-state index in [1.807, 2.05) is 12.1 Å². The second-order valence-corrected chi connectivity index (χ2v) is 10.5. The summed E-state index contributed by atoms with van der Waals surface area (Å²) >= 11 is 0. The van der Waals surface area contributed by atoms with Gasteiger partial charge in [-0.3, -0.25) is 14.5 Å². The molecule has 2 amide bonds. The Kier molecular flexibility index (Phi) is 8.56. The van der Waals surface area contributed by atoms with Gasteiger partial charge in [0.05, 0.1) is 36.1 Å². The Hall–Kier alpha value is -5.00. The minimum Gasteiger partial charge on any atom is -0.478 e. The van der Waals surface area contributed by atoms with E-state index in [1.54, 1.807) is 54.4 Å². The van der Waals surface area contributed by atoms with E-state index in [0.29, 0.717) is 40.3 Å². The third-order valence-electron chi connectivity index (χ3n) is 7.71. The molecule has 0 unspecified atom stereocenters. The van der Waals surface area contributed by atoms with Crippen molar-refractivity contribution in [3.63, 3.8) is 0 Å². The second kappa shape index (κ2) is 12.5. The van der Waals surface area contributed by atoms with Crippen molar-refractivity contribution in [1.29, 1.82) is 0 Å². The maximum absolute atomic E-state index is 13.3. The molecular formula is C32H33N5O6. The molecule has 11 heteroatoms. The molecule has 0 aliphatic carbocycles. The maximum atomic E-state index is 13.3. The van der Waals surface area contributed by atoms with Crippen molar-refractivity contribution in [3.05, 3.63) is 89.0 Å². The summed E-state index contributed by atoms with van der Waals surface area (Å²) in [5, 5.41) is 15.7. The van der Waals surface area contributed by atoms with Gasteiger partial charge in [0.1, 0.15) is 0 Å². The minimum atomic E-state index is -1.11. The molecule has 222 valence electrons. The fourth-order valence-electron chi connectivity index (χ4n) is 5.08. The van der Waals surface area contributed by atoms with Crippen LogP contribution >= 0.6 is 0 Å². The first-order chi connectivity index (χ1) is 20.6. The average molecular weight is 584 g/mol. The molecule has 2 aliphatic heterocycles. The number of rotatable bonds is 8. The molecule has 0 bridgehead atoms. The lowest BCUT2D eigenvalue weighted by atomic mass is 9.97. The number of anilines is 3. The summed E-state index contributed by atoms with van der Waals surface area (Å²) in [5.41, 5.74) is 3.94. The smallest absolute Gasteiger partial charge is 0.337 e. The number of likely N-dealkylation sites (N-methyl/N-ethyl adjacent to an activating group) is 2. The third-order valence-corrected chi connectivity index (χ3v) is 7.71. The van der Waals surface area contributed by atoms with Crippen molar-refractivity contribution in [2.45, 2.75) is 0 Å². The number of esters is 1. The molecule has 3 N–H and O–H groups in total. The first kappa shape index (κ1) is 29.5. The van der Waals surface area contributed by atoms with Crippen LogP contribution in [0.25, 0.3) is 11.3 Å². The van der Waals surface area contributed by atoms with Crippen LogP contribution in [0.4, 0.5) is 17.1 Å². The number of hydrogen-bond donors (Lipinski definition) is 3. The van der Waals surface area contributed by atoms with E-state index in [1.165, 1.54) is 19.2 Å². The van der Waals surface area contributed by atoms with Crippen LogP contribution in [-0.4, -0.2) is 92.6 Å². The number of nitrogens with zero attached hydrogens (tertiary/aromatic N) is 3. The number of hydrogen-bond acceptors (Lipinski definition) is 8. The standard InChI is InChI=1S/C32H33N5O6/c1-35-14-16-37(17-15-35)19-27(38)36(2)24-11-9-23(10-12-24)33-29(20-4-6-21(7-5-20)32(42)43-3)28-25-18-22(31(40)41)8-13-26(25)34-30(28)39/h4-13,18,33H,14-17,19H2,1-3H3,(H,34,39)(H,40,41)/b29-28-. The quantitative estimate of drug-likeness (QED) is 0.270. The van der Waals surface area contributed by atoms with Crippen LogP contribution in [0.15, 0.2) is 66.7 Å². The molecule has 2 aliphatic rings. The number of carboxylic acids is 1. The number of carbonyl (C=O) groups excluding carboxylic acids is 3. The van der Waals surface area contributed by atoms with Crippen LogP contribution in [0, 0.1) is 0 Å². The molecule has 0 atom stereocenters. The molecule has 1 saturated heterocycles. The zero-order chi connectivity index (χ0) is 30.7. The fourth-order valence-corrected chi connectivity index (χ4v) is 5.08. The van der Waals surface area contributed by atoms with E-state index < -0.39 is 17.8 Å². The van der Waals surface area contributed by atoms with Crippen LogP contribution in [-0.2, 0) is 14.3 Å². The molecule has 2 heterocycles. The Morgan fingerprint density at radius 1 is 0.930 bits per heavy atom. The Labute approximate surface area is 249 Å². The predicted molar refractivity (Wildman–Crippen MR) is 164 cm³/mol. The third kappa shape index (κ3) is 6.42. The summed E-state index contributed by atoms with van der Waals surface area (Å²) in [6, 6.07) is 18.3. The molecule has 0 radical (unpaired) electrons. The highest BCUT2D eigenvalue weighted by molar-refractivity contribution is 6.37. The fraction of sp³-hybridized carbons (Fsp3) is 0.250. The highest BCUT2D eigenvalue weighted by atomic mass is 16.5. The summed E-state index contributed by atoms with van der Waals surface area (Å²) in [6.07, 6.45) is 0. The number of fused-ring (bicyclic) bond motifs is 1. The number of piperazine rings is 1. The van der Waals surface area contributed by atoms with E-state index >= 15 is 0 Å². The lowest BCUT2D eigenvalue weighted by Crippen LogP contribution is -2.48. The van der Waals surface area contributed by atoms with Gasteiger partial charge in [-0.1, -0.05) is 12.1 Å². The van der Waals surface area contributed by atoms with Gasteiger partial charge in [-0.15, -0.1) is 0 Å². The van der Waals surface area contributed by atoms with Crippen molar-refractivity contribution in [2.24, 2.45) is 0 Å². The topological polar surface area (TPSA) is 132 Å². The van der Waals surface area contributed by atoms with Gasteiger partial charge >= 0.3 is 11.9 Å². The van der Waals surface area contributed by atoms with Crippen LogP contribution in [0.5, 0.6) is 0 Å². The molecule has 1 fully saturated rings. The Balaban J connectivity index is 1.45. The van der Waals surface area contributed by atoms with Crippen molar-refractivity contribution in [2.75, 3.05) is 69.5 Å². The molecule has 43 heavy (non-hydrogen) atoms. The van der Waals surface area contributed by atoms with Crippen LogP contribution in [0.1, 0.15) is 31.8 Å². The SMILES string of the molecule is COC(=O)c1ccc(/C(Nc2ccc(N(C)C(=O)CN3CCN(C)CC3)cc2)=C2/C(=O)Nc3ccc(C(=O)O)cc32)cc1. The van der Waals surface area contributed by atoms with Crippen LogP contribution in [0.2, 0.25) is 0 Å². The van der Waals surface area contributed by atoms with Gasteiger partial charge in [0.25, 0.3) is 5.91 Å². The summed E-state index contributed by atoms with van der Waals surface area (Å²) in [6.45, 7) is 3.90. The monoisotopic (exact) mass is 583 g/mol. The number of amides is 2. The Morgan fingerprint density at radius 3 is 2.19 bits per heavy atom.